The van der Waals surface area contributed by atoms with E-state index in [1.807, 2.05) is 0 Å². The lowest BCUT2D eigenvalue weighted by Gasteiger charge is -2.30. The van der Waals surface area contributed by atoms with E-state index in [1.54, 1.807) is 52.1 Å². The third-order valence-electron chi connectivity index (χ3n) is 10.5. The predicted octanol–water partition coefficient (Wildman–Crippen LogP) is 3.21. The Labute approximate surface area is 324 Å². The fourth-order valence-electron chi connectivity index (χ4n) is 7.36. The van der Waals surface area contributed by atoms with Crippen LogP contribution in [0.3, 0.4) is 0 Å². The number of hydrogen-bond donors (Lipinski definition) is 3. The first-order valence-corrected chi connectivity index (χ1v) is 20.5. The van der Waals surface area contributed by atoms with E-state index in [1.165, 1.54) is 17.4 Å². The molecule has 17 nitrogen and oxygen atoms in total. The molecule has 4 aliphatic rings. The first-order valence-electron chi connectivity index (χ1n) is 19.0. The summed E-state index contributed by atoms with van der Waals surface area (Å²) in [5.74, 6) is -1.35. The number of methoxy groups -OCH3 is 1. The average Bonchev–Trinajstić information content (AvgIpc) is 4.00. The van der Waals surface area contributed by atoms with Crippen molar-refractivity contribution in [3.63, 3.8) is 0 Å². The van der Waals surface area contributed by atoms with Gasteiger partial charge in [-0.05, 0) is 88.4 Å². The predicted molar refractivity (Wildman–Crippen MR) is 200 cm³/mol. The molecule has 2 aliphatic carbocycles. The molecule has 4 amide bonds. The quantitative estimate of drug-likeness (QED) is 0.299. The molecule has 56 heavy (non-hydrogen) atoms. The van der Waals surface area contributed by atoms with Crippen molar-refractivity contribution in [2.75, 3.05) is 26.9 Å². The second-order valence-electron chi connectivity index (χ2n) is 15.9. The largest absolute Gasteiger partial charge is 0.497 e. The Morgan fingerprint density at radius 1 is 1.09 bits per heavy atom. The summed E-state index contributed by atoms with van der Waals surface area (Å²) in [6, 6.07) is 4.69. The lowest BCUT2D eigenvalue weighted by molar-refractivity contribution is -0.142. The van der Waals surface area contributed by atoms with Crippen LogP contribution in [0, 0.1) is 5.92 Å². The fraction of sp³-hybridized carbons (Fsp3) is 0.579. The number of alkyl carbamates (subject to hydrolysis) is 1. The van der Waals surface area contributed by atoms with Crippen LogP contribution in [0.25, 0.3) is 22.4 Å². The number of nitrogens with zero attached hydrogens (tertiary/aromatic N) is 3. The molecule has 2 saturated heterocycles. The number of carbonyl (C=O) groups excluding carboxylic acids is 4. The number of aromatic nitrogens is 2. The monoisotopic (exact) mass is 796 g/mol. The molecule has 4 fully saturated rings. The number of fused-ring (bicyclic) bond motifs is 3. The molecule has 2 aliphatic heterocycles. The summed E-state index contributed by atoms with van der Waals surface area (Å²) < 4.78 is 56.8. The molecule has 7 rings (SSSR count). The number of ether oxygens (including phenoxy) is 4. The summed E-state index contributed by atoms with van der Waals surface area (Å²) >= 11 is 0. The maximum atomic E-state index is 14.5. The number of rotatable bonds is 8. The van der Waals surface area contributed by atoms with E-state index < -0.39 is 68.4 Å². The molecule has 5 atom stereocenters. The highest BCUT2D eigenvalue weighted by Gasteiger charge is 2.62. The standard InChI is InChI=1S/C38H48N6O11S/c1-37(2,3)55-36(48)41-29-21-52-14-7-5-6-8-23-19-38(23,35(47)43-56(49,50)26-10-11-26)42-31(45)30-18-25(20-44(30)34(29)46)54-32-27-12-9-24(51-4)16-22(27)17-28(40-32)33-39-13-15-53-33/h9,12-13,15-17,23,25-26,29-30H,5-8,10-11,14,18-21H2,1-4H3,(H,41,48)(H,42,45)(H,43,47)/t23-,25?,29+,30+,38-/m1/s1. The third kappa shape index (κ3) is 8.70. The summed E-state index contributed by atoms with van der Waals surface area (Å²) in [7, 11) is -2.35. The van der Waals surface area contributed by atoms with Gasteiger partial charge in [-0.1, -0.05) is 12.8 Å². The Balaban J connectivity index is 1.22. The molecule has 1 unspecified atom stereocenters. The summed E-state index contributed by atoms with van der Waals surface area (Å²) in [6.45, 7) is 5.09. The number of nitrogens with one attached hydrogen (secondary N) is 3. The van der Waals surface area contributed by atoms with Gasteiger partial charge in [-0.3, -0.25) is 19.1 Å². The molecule has 0 spiro atoms. The highest BCUT2D eigenvalue weighted by Crippen LogP contribution is 2.48. The summed E-state index contributed by atoms with van der Waals surface area (Å²) in [4.78, 5) is 66.0. The van der Waals surface area contributed by atoms with Crippen LogP contribution in [0.15, 0.2) is 41.1 Å². The highest BCUT2D eigenvalue weighted by atomic mass is 32.2. The maximum absolute atomic E-state index is 14.5. The third-order valence-corrected chi connectivity index (χ3v) is 12.3. The van der Waals surface area contributed by atoms with Crippen molar-refractivity contribution >= 4 is 44.6 Å². The summed E-state index contributed by atoms with van der Waals surface area (Å²) in [5, 5.41) is 6.21. The van der Waals surface area contributed by atoms with Gasteiger partial charge in [0.15, 0.2) is 0 Å². The van der Waals surface area contributed by atoms with Gasteiger partial charge in [-0.2, -0.15) is 0 Å². The summed E-state index contributed by atoms with van der Waals surface area (Å²) in [5.41, 5.74) is -1.95. The molecule has 0 radical (unpaired) electrons. The molecule has 18 heteroatoms. The first kappa shape index (κ1) is 39.3. The number of sulfonamides is 1. The van der Waals surface area contributed by atoms with E-state index in [9.17, 15) is 27.6 Å². The Hall–Kier alpha value is -4.97. The van der Waals surface area contributed by atoms with E-state index in [0.717, 1.165) is 6.42 Å². The van der Waals surface area contributed by atoms with Gasteiger partial charge in [0.1, 0.15) is 47.0 Å². The van der Waals surface area contributed by atoms with Crippen LogP contribution >= 0.6 is 0 Å². The van der Waals surface area contributed by atoms with Gasteiger partial charge in [-0.25, -0.2) is 23.2 Å². The lowest BCUT2D eigenvalue weighted by atomic mass is 10.1. The number of oxazole rings is 1. The molecule has 3 aromatic rings. The maximum Gasteiger partial charge on any atom is 0.408 e. The van der Waals surface area contributed by atoms with E-state index in [0.29, 0.717) is 60.9 Å². The minimum Gasteiger partial charge on any atom is -0.497 e. The molecular formula is C38H48N6O11S. The van der Waals surface area contributed by atoms with Crippen LogP contribution in [0.4, 0.5) is 4.79 Å². The molecule has 2 saturated carbocycles. The molecule has 0 bridgehead atoms. The van der Waals surface area contributed by atoms with Gasteiger partial charge < -0.3 is 38.9 Å². The zero-order valence-corrected chi connectivity index (χ0v) is 32.7. The van der Waals surface area contributed by atoms with Gasteiger partial charge in [0, 0.05) is 18.4 Å². The molecule has 1 aromatic carbocycles. The van der Waals surface area contributed by atoms with E-state index >= 15 is 0 Å². The Morgan fingerprint density at radius 2 is 1.89 bits per heavy atom. The van der Waals surface area contributed by atoms with Crippen molar-refractivity contribution in [3.05, 3.63) is 36.7 Å². The van der Waals surface area contributed by atoms with Crippen LogP contribution in [0.5, 0.6) is 11.6 Å². The number of amides is 4. The smallest absolute Gasteiger partial charge is 0.408 e. The van der Waals surface area contributed by atoms with Crippen LogP contribution in [0.1, 0.15) is 72.1 Å². The number of hydrogen-bond acceptors (Lipinski definition) is 13. The molecule has 2 aromatic heterocycles. The molecule has 302 valence electrons. The average molecular weight is 797 g/mol. The second-order valence-corrected chi connectivity index (χ2v) is 17.8. The molecule has 4 heterocycles. The van der Waals surface area contributed by atoms with Gasteiger partial charge >= 0.3 is 6.09 Å². The van der Waals surface area contributed by atoms with Crippen molar-refractivity contribution in [2.45, 2.75) is 107 Å². The SMILES string of the molecule is COc1ccc2c(OC3C[C@H]4C(=O)N[C@]5(C(=O)NS(=O)(=O)C6CC6)C[C@H]5CCCCCOC[C@H](NC(=O)OC(C)(C)C)C(=O)N4C3)nc(-c3ncco3)cc2c1. The van der Waals surface area contributed by atoms with Crippen molar-refractivity contribution in [2.24, 2.45) is 5.92 Å². The van der Waals surface area contributed by atoms with Crippen molar-refractivity contribution in [3.8, 4) is 23.2 Å². The van der Waals surface area contributed by atoms with Crippen LogP contribution < -0.4 is 24.8 Å². The van der Waals surface area contributed by atoms with E-state index in [2.05, 4.69) is 20.3 Å². The second kappa shape index (κ2) is 15.5. The zero-order chi connectivity index (χ0) is 39.8. The minimum absolute atomic E-state index is 0.0249. The minimum atomic E-state index is -3.90. The van der Waals surface area contributed by atoms with Crippen molar-refractivity contribution < 1.29 is 51.0 Å². The normalized spacial score (nSPS) is 26.2. The van der Waals surface area contributed by atoms with Crippen LogP contribution in [-0.4, -0.2) is 109 Å². The van der Waals surface area contributed by atoms with Crippen LogP contribution in [0.2, 0.25) is 0 Å². The Kier molecular flexibility index (Phi) is 10.9. The van der Waals surface area contributed by atoms with Gasteiger partial charge in [0.25, 0.3) is 5.91 Å². The van der Waals surface area contributed by atoms with Crippen molar-refractivity contribution in [1.82, 2.24) is 30.2 Å². The topological polar surface area (TPSA) is 218 Å². The van der Waals surface area contributed by atoms with Gasteiger partial charge in [0.05, 0.1) is 31.7 Å². The number of benzene rings is 1. The fourth-order valence-corrected chi connectivity index (χ4v) is 8.73. The lowest BCUT2D eigenvalue weighted by Crippen LogP contribution is -2.59. The van der Waals surface area contributed by atoms with Gasteiger partial charge in [0.2, 0.25) is 33.6 Å². The summed E-state index contributed by atoms with van der Waals surface area (Å²) in [6.07, 6.45) is 5.08. The molecular weight excluding hydrogens is 749 g/mol. The van der Waals surface area contributed by atoms with Crippen molar-refractivity contribution in [1.29, 1.82) is 0 Å². The number of pyridine rings is 1. The highest BCUT2D eigenvalue weighted by molar-refractivity contribution is 7.91. The van der Waals surface area contributed by atoms with E-state index in [4.69, 9.17) is 28.3 Å². The van der Waals surface area contributed by atoms with Crippen LogP contribution in [-0.2, 0) is 33.9 Å². The zero-order valence-electron chi connectivity index (χ0n) is 31.9. The Morgan fingerprint density at radius 3 is 2.61 bits per heavy atom. The molecule has 3 N–H and O–H groups in total. The first-order chi connectivity index (χ1) is 26.7. The Bertz CT molecular complexity index is 2080. The number of carbonyl (C=O) groups is 4. The van der Waals surface area contributed by atoms with Gasteiger partial charge in [-0.15, -0.1) is 0 Å². The van der Waals surface area contributed by atoms with E-state index in [-0.39, 0.29) is 43.7 Å².